The van der Waals surface area contributed by atoms with Crippen molar-refractivity contribution in [3.05, 3.63) is 60.2 Å². The molecule has 1 fully saturated rings. The highest BCUT2D eigenvalue weighted by molar-refractivity contribution is 7.80. The van der Waals surface area contributed by atoms with Crippen molar-refractivity contribution >= 4 is 23.0 Å². The number of nitrogens with one attached hydrogen (secondary N) is 2. The number of rotatable bonds is 4. The van der Waals surface area contributed by atoms with Gasteiger partial charge in [0.05, 0.1) is 11.9 Å². The zero-order valence-electron chi connectivity index (χ0n) is 13.3. The zero-order valence-corrected chi connectivity index (χ0v) is 14.1. The van der Waals surface area contributed by atoms with Gasteiger partial charge in [0.1, 0.15) is 5.82 Å². The number of nitrogens with zero attached hydrogens (tertiary/aromatic N) is 1. The maximum absolute atomic E-state index is 13.3. The first kappa shape index (κ1) is 16.8. The molecular weight excluding hydrogens is 325 g/mol. The fourth-order valence-electron chi connectivity index (χ4n) is 2.99. The van der Waals surface area contributed by atoms with E-state index in [0.29, 0.717) is 24.9 Å². The molecule has 2 aromatic rings. The third kappa shape index (κ3) is 4.07. The molecule has 6 heteroatoms. The van der Waals surface area contributed by atoms with Crippen molar-refractivity contribution in [2.24, 2.45) is 0 Å². The Morgan fingerprint density at radius 3 is 2.62 bits per heavy atom. The molecule has 0 spiro atoms. The molecule has 0 radical (unpaired) electrons. The van der Waals surface area contributed by atoms with E-state index >= 15 is 0 Å². The molecule has 0 aliphatic carbocycles. The summed E-state index contributed by atoms with van der Waals surface area (Å²) in [4.78, 5) is 4.06. The predicted molar refractivity (Wildman–Crippen MR) is 96.6 cm³/mol. The van der Waals surface area contributed by atoms with Crippen LogP contribution in [0.15, 0.2) is 48.8 Å². The Labute approximate surface area is 146 Å². The second kappa shape index (κ2) is 7.68. The van der Waals surface area contributed by atoms with Crippen LogP contribution in [0.25, 0.3) is 0 Å². The molecule has 0 amide bonds. The summed E-state index contributed by atoms with van der Waals surface area (Å²) in [6, 6.07) is 10.5. The molecule has 24 heavy (non-hydrogen) atoms. The first-order valence-corrected chi connectivity index (χ1v) is 8.37. The van der Waals surface area contributed by atoms with Crippen molar-refractivity contribution in [2.45, 2.75) is 18.3 Å². The first-order chi connectivity index (χ1) is 11.7. The number of aromatic nitrogens is 1. The number of thiocarbonyl (C=S) groups is 1. The van der Waals surface area contributed by atoms with Gasteiger partial charge in [-0.15, -0.1) is 0 Å². The SMILES string of the molecule is Fc1ccc(C2(CNC(=S)Nc3cccnc3)CCOCC2)cc1. The lowest BCUT2D eigenvalue weighted by Crippen LogP contribution is -2.45. The van der Waals surface area contributed by atoms with Crippen molar-refractivity contribution in [3.8, 4) is 0 Å². The Balaban J connectivity index is 1.68. The van der Waals surface area contributed by atoms with Gasteiger partial charge in [0.15, 0.2) is 5.11 Å². The summed E-state index contributed by atoms with van der Waals surface area (Å²) in [5, 5.41) is 6.98. The van der Waals surface area contributed by atoms with Crippen LogP contribution in [0.5, 0.6) is 0 Å². The van der Waals surface area contributed by atoms with Crippen molar-refractivity contribution in [1.29, 1.82) is 0 Å². The van der Waals surface area contributed by atoms with Gasteiger partial charge in [0, 0.05) is 31.4 Å². The molecule has 4 nitrogen and oxygen atoms in total. The summed E-state index contributed by atoms with van der Waals surface area (Å²) in [7, 11) is 0. The zero-order chi connectivity index (χ0) is 16.8. The van der Waals surface area contributed by atoms with E-state index in [9.17, 15) is 4.39 Å². The van der Waals surface area contributed by atoms with Crippen LogP contribution in [0.2, 0.25) is 0 Å². The predicted octanol–water partition coefficient (Wildman–Crippen LogP) is 3.26. The highest BCUT2D eigenvalue weighted by atomic mass is 32.1. The molecule has 1 aromatic heterocycles. The topological polar surface area (TPSA) is 46.2 Å². The lowest BCUT2D eigenvalue weighted by atomic mass is 9.74. The van der Waals surface area contributed by atoms with Gasteiger partial charge < -0.3 is 15.4 Å². The highest BCUT2D eigenvalue weighted by Crippen LogP contribution is 2.34. The Morgan fingerprint density at radius 1 is 1.21 bits per heavy atom. The number of benzene rings is 1. The quantitative estimate of drug-likeness (QED) is 0.833. The van der Waals surface area contributed by atoms with Gasteiger partial charge >= 0.3 is 0 Å². The van der Waals surface area contributed by atoms with Gasteiger partial charge in [0.2, 0.25) is 0 Å². The van der Waals surface area contributed by atoms with Crippen LogP contribution in [-0.4, -0.2) is 29.9 Å². The Kier molecular flexibility index (Phi) is 5.37. The van der Waals surface area contributed by atoms with Gasteiger partial charge in [-0.05, 0) is 54.9 Å². The molecule has 1 aliphatic rings. The third-order valence-electron chi connectivity index (χ3n) is 4.41. The second-order valence-corrected chi connectivity index (χ2v) is 6.36. The third-order valence-corrected chi connectivity index (χ3v) is 4.66. The van der Waals surface area contributed by atoms with Crippen LogP contribution < -0.4 is 10.6 Å². The van der Waals surface area contributed by atoms with Crippen LogP contribution in [0.1, 0.15) is 18.4 Å². The minimum Gasteiger partial charge on any atom is -0.381 e. The fraction of sp³-hybridized carbons (Fsp3) is 0.333. The Morgan fingerprint density at radius 2 is 1.96 bits per heavy atom. The van der Waals surface area contributed by atoms with E-state index in [2.05, 4.69) is 15.6 Å². The van der Waals surface area contributed by atoms with Crippen LogP contribution >= 0.6 is 12.2 Å². The molecule has 0 unspecified atom stereocenters. The Hall–Kier alpha value is -2.05. The summed E-state index contributed by atoms with van der Waals surface area (Å²) in [5.74, 6) is -0.220. The normalized spacial score (nSPS) is 16.4. The minimum atomic E-state index is -0.220. The monoisotopic (exact) mass is 345 g/mol. The number of hydrogen-bond acceptors (Lipinski definition) is 3. The molecule has 1 aromatic carbocycles. The standard InChI is InChI=1S/C18H20FN3OS/c19-15-5-3-14(4-6-15)18(7-10-23-11-8-18)13-21-17(24)22-16-2-1-9-20-12-16/h1-6,9,12H,7-8,10-11,13H2,(H2,21,22,24). The number of anilines is 1. The molecule has 2 N–H and O–H groups in total. The molecule has 126 valence electrons. The summed E-state index contributed by atoms with van der Waals surface area (Å²) >= 11 is 5.38. The average Bonchev–Trinajstić information content (AvgIpc) is 2.62. The van der Waals surface area contributed by atoms with Gasteiger partial charge in [-0.25, -0.2) is 4.39 Å². The minimum absolute atomic E-state index is 0.105. The van der Waals surface area contributed by atoms with Crippen LogP contribution in [0.4, 0.5) is 10.1 Å². The molecule has 3 rings (SSSR count). The van der Waals surface area contributed by atoms with E-state index in [1.54, 1.807) is 12.4 Å². The van der Waals surface area contributed by atoms with E-state index in [-0.39, 0.29) is 11.2 Å². The van der Waals surface area contributed by atoms with E-state index in [0.717, 1.165) is 24.1 Å². The summed E-state index contributed by atoms with van der Waals surface area (Å²) in [6.07, 6.45) is 5.19. The summed E-state index contributed by atoms with van der Waals surface area (Å²) in [5.41, 5.74) is 1.86. The molecule has 1 saturated heterocycles. The molecule has 0 atom stereocenters. The van der Waals surface area contributed by atoms with Crippen molar-refractivity contribution < 1.29 is 9.13 Å². The molecule has 0 bridgehead atoms. The smallest absolute Gasteiger partial charge is 0.170 e. The largest absolute Gasteiger partial charge is 0.381 e. The van der Waals surface area contributed by atoms with E-state index in [1.165, 1.54) is 12.1 Å². The van der Waals surface area contributed by atoms with Crippen LogP contribution in [0, 0.1) is 5.82 Å². The fourth-order valence-corrected chi connectivity index (χ4v) is 3.18. The van der Waals surface area contributed by atoms with Crippen molar-refractivity contribution in [1.82, 2.24) is 10.3 Å². The average molecular weight is 345 g/mol. The van der Waals surface area contributed by atoms with E-state index < -0.39 is 0 Å². The molecule has 0 saturated carbocycles. The highest BCUT2D eigenvalue weighted by Gasteiger charge is 2.34. The van der Waals surface area contributed by atoms with E-state index in [1.807, 2.05) is 24.3 Å². The molecular formula is C18H20FN3OS. The van der Waals surface area contributed by atoms with Gasteiger partial charge in [0.25, 0.3) is 0 Å². The molecule has 2 heterocycles. The van der Waals surface area contributed by atoms with Crippen molar-refractivity contribution in [3.63, 3.8) is 0 Å². The van der Waals surface area contributed by atoms with Gasteiger partial charge in [-0.1, -0.05) is 12.1 Å². The maximum Gasteiger partial charge on any atom is 0.170 e. The lowest BCUT2D eigenvalue weighted by Gasteiger charge is -2.38. The summed E-state index contributed by atoms with van der Waals surface area (Å²) in [6.45, 7) is 2.07. The van der Waals surface area contributed by atoms with Gasteiger partial charge in [-0.3, -0.25) is 4.98 Å². The number of hydrogen-bond donors (Lipinski definition) is 2. The molecule has 1 aliphatic heterocycles. The van der Waals surface area contributed by atoms with Crippen LogP contribution in [0.3, 0.4) is 0 Å². The second-order valence-electron chi connectivity index (χ2n) is 5.95. The maximum atomic E-state index is 13.3. The Bertz CT molecular complexity index is 672. The lowest BCUT2D eigenvalue weighted by molar-refractivity contribution is 0.0515. The number of pyridine rings is 1. The van der Waals surface area contributed by atoms with Crippen molar-refractivity contribution in [2.75, 3.05) is 25.1 Å². The number of ether oxygens (including phenoxy) is 1. The first-order valence-electron chi connectivity index (χ1n) is 7.97. The van der Waals surface area contributed by atoms with Gasteiger partial charge in [-0.2, -0.15) is 0 Å². The summed E-state index contributed by atoms with van der Waals surface area (Å²) < 4.78 is 18.8. The number of halogens is 1. The van der Waals surface area contributed by atoms with E-state index in [4.69, 9.17) is 17.0 Å². The van der Waals surface area contributed by atoms with Crippen LogP contribution in [-0.2, 0) is 10.2 Å².